The van der Waals surface area contributed by atoms with Gasteiger partial charge in [0.1, 0.15) is 11.5 Å². The number of piperazine rings is 1. The monoisotopic (exact) mass is 333 g/mol. The van der Waals surface area contributed by atoms with Crippen molar-refractivity contribution < 1.29 is 14.3 Å². The molecule has 0 bridgehead atoms. The van der Waals surface area contributed by atoms with E-state index in [1.807, 2.05) is 23.1 Å². The minimum absolute atomic E-state index is 0.166. The number of likely N-dealkylation sites (tertiary alicyclic amines) is 1. The number of carbonyl (C=O) groups is 1. The Morgan fingerprint density at radius 3 is 2.71 bits per heavy atom. The van der Waals surface area contributed by atoms with E-state index < -0.39 is 0 Å². The molecule has 1 aromatic carbocycles. The fourth-order valence-electron chi connectivity index (χ4n) is 3.61. The van der Waals surface area contributed by atoms with Gasteiger partial charge in [-0.25, -0.2) is 0 Å². The van der Waals surface area contributed by atoms with Gasteiger partial charge in [0.2, 0.25) is 5.91 Å². The molecule has 2 heterocycles. The summed E-state index contributed by atoms with van der Waals surface area (Å²) in [7, 11) is 3.26. The SMILES string of the molecule is COc1ccc(OC)c(CC(=O)N2CCC(N3CCNCC3)C2)c1. The molecule has 0 saturated carbocycles. The molecule has 6 nitrogen and oxygen atoms in total. The molecule has 1 N–H and O–H groups in total. The van der Waals surface area contributed by atoms with Crippen LogP contribution < -0.4 is 14.8 Å². The highest BCUT2D eigenvalue weighted by Crippen LogP contribution is 2.26. The van der Waals surface area contributed by atoms with Gasteiger partial charge < -0.3 is 19.7 Å². The zero-order chi connectivity index (χ0) is 16.9. The van der Waals surface area contributed by atoms with Gasteiger partial charge in [-0.05, 0) is 24.6 Å². The van der Waals surface area contributed by atoms with Gasteiger partial charge in [0.15, 0.2) is 0 Å². The van der Waals surface area contributed by atoms with Gasteiger partial charge in [0.25, 0.3) is 0 Å². The molecule has 132 valence electrons. The zero-order valence-electron chi connectivity index (χ0n) is 14.6. The van der Waals surface area contributed by atoms with E-state index in [0.29, 0.717) is 12.5 Å². The van der Waals surface area contributed by atoms with E-state index in [0.717, 1.165) is 62.8 Å². The van der Waals surface area contributed by atoms with E-state index in [9.17, 15) is 4.79 Å². The van der Waals surface area contributed by atoms with Crippen LogP contribution in [0.15, 0.2) is 18.2 Å². The molecular formula is C18H27N3O3. The van der Waals surface area contributed by atoms with Crippen LogP contribution in [0.1, 0.15) is 12.0 Å². The maximum absolute atomic E-state index is 12.7. The Balaban J connectivity index is 1.61. The lowest BCUT2D eigenvalue weighted by atomic mass is 10.1. The Bertz CT molecular complexity index is 573. The summed E-state index contributed by atoms with van der Waals surface area (Å²) in [6.07, 6.45) is 1.43. The van der Waals surface area contributed by atoms with Crippen molar-refractivity contribution >= 4 is 5.91 Å². The summed E-state index contributed by atoms with van der Waals surface area (Å²) in [6.45, 7) is 5.94. The molecule has 6 heteroatoms. The summed E-state index contributed by atoms with van der Waals surface area (Å²) in [5.41, 5.74) is 0.882. The fraction of sp³-hybridized carbons (Fsp3) is 0.611. The highest BCUT2D eigenvalue weighted by Gasteiger charge is 2.31. The van der Waals surface area contributed by atoms with E-state index >= 15 is 0 Å². The molecule has 0 spiro atoms. The van der Waals surface area contributed by atoms with Gasteiger partial charge in [0.05, 0.1) is 20.6 Å². The van der Waals surface area contributed by atoms with Crippen molar-refractivity contribution in [1.29, 1.82) is 0 Å². The second-order valence-electron chi connectivity index (χ2n) is 6.42. The van der Waals surface area contributed by atoms with E-state index in [-0.39, 0.29) is 5.91 Å². The topological polar surface area (TPSA) is 54.0 Å². The molecule has 1 aromatic rings. The Labute approximate surface area is 143 Å². The second kappa shape index (κ2) is 7.85. The summed E-state index contributed by atoms with van der Waals surface area (Å²) < 4.78 is 10.6. The van der Waals surface area contributed by atoms with E-state index in [4.69, 9.17) is 9.47 Å². The molecule has 1 atom stereocenters. The van der Waals surface area contributed by atoms with Gasteiger partial charge in [-0.1, -0.05) is 0 Å². The minimum atomic E-state index is 0.166. The first-order valence-electron chi connectivity index (χ1n) is 8.64. The molecule has 0 radical (unpaired) electrons. The number of amides is 1. The molecule has 0 aliphatic carbocycles. The third kappa shape index (κ3) is 3.82. The van der Waals surface area contributed by atoms with Crippen molar-refractivity contribution in [1.82, 2.24) is 15.1 Å². The van der Waals surface area contributed by atoms with Crippen LogP contribution in [0.5, 0.6) is 11.5 Å². The summed E-state index contributed by atoms with van der Waals surface area (Å²) in [6, 6.07) is 6.10. The first-order valence-corrected chi connectivity index (χ1v) is 8.64. The Hall–Kier alpha value is -1.79. The van der Waals surface area contributed by atoms with Crippen LogP contribution in [0.4, 0.5) is 0 Å². The van der Waals surface area contributed by atoms with Crippen LogP contribution in [0.3, 0.4) is 0 Å². The average molecular weight is 333 g/mol. The number of rotatable bonds is 5. The smallest absolute Gasteiger partial charge is 0.227 e. The van der Waals surface area contributed by atoms with Crippen molar-refractivity contribution in [3.63, 3.8) is 0 Å². The number of nitrogens with zero attached hydrogens (tertiary/aromatic N) is 2. The molecule has 2 saturated heterocycles. The van der Waals surface area contributed by atoms with Crippen LogP contribution in [-0.4, -0.2) is 75.2 Å². The first-order chi connectivity index (χ1) is 11.7. The maximum Gasteiger partial charge on any atom is 0.227 e. The first kappa shape index (κ1) is 17.0. The minimum Gasteiger partial charge on any atom is -0.497 e. The average Bonchev–Trinajstić information content (AvgIpc) is 3.12. The standard InChI is InChI=1S/C18H27N3O3/c1-23-16-3-4-17(24-2)14(11-16)12-18(22)21-8-5-15(13-21)20-9-6-19-7-10-20/h3-4,11,15,19H,5-10,12-13H2,1-2H3. The summed E-state index contributed by atoms with van der Waals surface area (Å²) in [4.78, 5) is 17.2. The Kier molecular flexibility index (Phi) is 5.58. The number of ether oxygens (including phenoxy) is 2. The number of carbonyl (C=O) groups excluding carboxylic acids is 1. The predicted molar refractivity (Wildman–Crippen MR) is 92.7 cm³/mol. The van der Waals surface area contributed by atoms with Crippen molar-refractivity contribution in [3.8, 4) is 11.5 Å². The molecule has 1 amide bonds. The molecule has 24 heavy (non-hydrogen) atoms. The normalized spacial score (nSPS) is 21.8. The number of methoxy groups -OCH3 is 2. The molecule has 2 aliphatic heterocycles. The number of hydrogen-bond acceptors (Lipinski definition) is 5. The Morgan fingerprint density at radius 2 is 2.00 bits per heavy atom. The molecule has 1 unspecified atom stereocenters. The summed E-state index contributed by atoms with van der Waals surface area (Å²) in [5, 5.41) is 3.38. The van der Waals surface area contributed by atoms with Gasteiger partial charge in [0, 0.05) is 50.9 Å². The van der Waals surface area contributed by atoms with Crippen molar-refractivity contribution in [3.05, 3.63) is 23.8 Å². The van der Waals surface area contributed by atoms with Crippen LogP contribution in [0.2, 0.25) is 0 Å². The quantitative estimate of drug-likeness (QED) is 0.862. The van der Waals surface area contributed by atoms with Gasteiger partial charge in [-0.3, -0.25) is 9.69 Å². The lowest BCUT2D eigenvalue weighted by Crippen LogP contribution is -2.49. The van der Waals surface area contributed by atoms with Crippen LogP contribution in [0.25, 0.3) is 0 Å². The van der Waals surface area contributed by atoms with E-state index in [1.54, 1.807) is 14.2 Å². The van der Waals surface area contributed by atoms with Crippen LogP contribution in [0, 0.1) is 0 Å². The third-order valence-corrected chi connectivity index (χ3v) is 5.01. The fourth-order valence-corrected chi connectivity index (χ4v) is 3.61. The van der Waals surface area contributed by atoms with Gasteiger partial charge in [-0.15, -0.1) is 0 Å². The molecular weight excluding hydrogens is 306 g/mol. The summed E-state index contributed by atoms with van der Waals surface area (Å²) >= 11 is 0. The summed E-state index contributed by atoms with van der Waals surface area (Å²) in [5.74, 6) is 1.65. The predicted octanol–water partition coefficient (Wildman–Crippen LogP) is 0.752. The van der Waals surface area contributed by atoms with Crippen LogP contribution in [-0.2, 0) is 11.2 Å². The second-order valence-corrected chi connectivity index (χ2v) is 6.42. The van der Waals surface area contributed by atoms with Crippen LogP contribution >= 0.6 is 0 Å². The van der Waals surface area contributed by atoms with E-state index in [1.165, 1.54) is 0 Å². The largest absolute Gasteiger partial charge is 0.497 e. The number of hydrogen-bond donors (Lipinski definition) is 1. The highest BCUT2D eigenvalue weighted by atomic mass is 16.5. The lowest BCUT2D eigenvalue weighted by Gasteiger charge is -2.32. The number of nitrogens with one attached hydrogen (secondary N) is 1. The number of benzene rings is 1. The molecule has 2 aliphatic rings. The highest BCUT2D eigenvalue weighted by molar-refractivity contribution is 5.80. The van der Waals surface area contributed by atoms with Gasteiger partial charge >= 0.3 is 0 Å². The lowest BCUT2D eigenvalue weighted by molar-refractivity contribution is -0.129. The Morgan fingerprint density at radius 1 is 1.21 bits per heavy atom. The van der Waals surface area contributed by atoms with Gasteiger partial charge in [-0.2, -0.15) is 0 Å². The van der Waals surface area contributed by atoms with Crippen molar-refractivity contribution in [2.75, 3.05) is 53.5 Å². The van der Waals surface area contributed by atoms with Crippen molar-refractivity contribution in [2.45, 2.75) is 18.9 Å². The maximum atomic E-state index is 12.7. The molecule has 0 aromatic heterocycles. The van der Waals surface area contributed by atoms with E-state index in [2.05, 4.69) is 10.2 Å². The van der Waals surface area contributed by atoms with Crippen molar-refractivity contribution in [2.24, 2.45) is 0 Å². The third-order valence-electron chi connectivity index (χ3n) is 5.01. The molecule has 2 fully saturated rings. The molecule has 3 rings (SSSR count). The zero-order valence-corrected chi connectivity index (χ0v) is 14.6.